The van der Waals surface area contributed by atoms with Crippen molar-refractivity contribution in [3.8, 4) is 5.69 Å². The third-order valence-corrected chi connectivity index (χ3v) is 4.60. The van der Waals surface area contributed by atoms with E-state index in [1.807, 2.05) is 55.8 Å². The molecule has 27 heavy (non-hydrogen) atoms. The Morgan fingerprint density at radius 2 is 1.89 bits per heavy atom. The zero-order chi connectivity index (χ0) is 19.6. The number of hydrogen-bond donors (Lipinski definition) is 0. The normalized spacial score (nSPS) is 11.3. The molecule has 0 N–H and O–H groups in total. The molecule has 1 aromatic carbocycles. The molecule has 0 spiro atoms. The van der Waals surface area contributed by atoms with Crippen LogP contribution in [-0.4, -0.2) is 25.5 Å². The summed E-state index contributed by atoms with van der Waals surface area (Å²) in [7, 11) is 1.75. The second-order valence-corrected chi connectivity index (χ2v) is 6.72. The van der Waals surface area contributed by atoms with E-state index in [2.05, 4.69) is 10.2 Å². The minimum Gasteiger partial charge on any atom is -0.458 e. The number of aromatic nitrogens is 4. The largest absolute Gasteiger partial charge is 0.458 e. The maximum absolute atomic E-state index is 12.0. The molecular weight excluding hydrogens is 364 g/mol. The first kappa shape index (κ1) is 18.9. The van der Waals surface area contributed by atoms with Gasteiger partial charge in [-0.2, -0.15) is 10.2 Å². The molecule has 0 radical (unpaired) electrons. The van der Waals surface area contributed by atoms with Crippen molar-refractivity contribution in [3.63, 3.8) is 0 Å². The first-order valence-electron chi connectivity index (χ1n) is 8.51. The first-order chi connectivity index (χ1) is 12.8. The number of carbonyl (C=O) groups is 1. The lowest BCUT2D eigenvalue weighted by Gasteiger charge is -2.06. The molecule has 6 nitrogen and oxygen atoms in total. The molecule has 0 aliphatic rings. The fourth-order valence-corrected chi connectivity index (χ4v) is 3.05. The van der Waals surface area contributed by atoms with Gasteiger partial charge in [-0.15, -0.1) is 0 Å². The van der Waals surface area contributed by atoms with Crippen LogP contribution < -0.4 is 0 Å². The van der Waals surface area contributed by atoms with Gasteiger partial charge in [0.1, 0.15) is 11.8 Å². The van der Waals surface area contributed by atoms with Crippen LogP contribution in [0.5, 0.6) is 0 Å². The maximum atomic E-state index is 12.0. The van der Waals surface area contributed by atoms with Gasteiger partial charge in [0.2, 0.25) is 0 Å². The van der Waals surface area contributed by atoms with Crippen LogP contribution >= 0.6 is 11.6 Å². The number of rotatable bonds is 5. The van der Waals surface area contributed by atoms with Crippen molar-refractivity contribution in [2.75, 3.05) is 0 Å². The molecule has 0 bridgehead atoms. The molecule has 0 saturated carbocycles. The molecule has 0 aliphatic carbocycles. The van der Waals surface area contributed by atoms with Crippen LogP contribution in [0.1, 0.15) is 28.2 Å². The molecule has 0 saturated heterocycles. The number of benzene rings is 1. The molecule has 0 unspecified atom stereocenters. The van der Waals surface area contributed by atoms with E-state index in [9.17, 15) is 4.79 Å². The van der Waals surface area contributed by atoms with Crippen molar-refractivity contribution >= 4 is 23.6 Å². The van der Waals surface area contributed by atoms with Gasteiger partial charge in [-0.05, 0) is 50.6 Å². The predicted molar refractivity (Wildman–Crippen MR) is 105 cm³/mol. The number of nitrogens with zero attached hydrogens (tertiary/aromatic N) is 4. The highest BCUT2D eigenvalue weighted by Gasteiger charge is 2.09. The second kappa shape index (κ2) is 7.80. The molecule has 140 valence electrons. The summed E-state index contributed by atoms with van der Waals surface area (Å²) in [5, 5.41) is 9.14. The number of aryl methyl sites for hydroxylation is 4. The standard InChI is InChI=1S/C20H21ClN4O2/c1-13-11-14(2)25(22-13)17-7-5-16(6-8-17)12-27-19(26)10-9-18-15(3)23-24(4)20(18)21/h5-11H,12H2,1-4H3/b10-9+. The zero-order valence-electron chi connectivity index (χ0n) is 15.7. The Morgan fingerprint density at radius 3 is 2.44 bits per heavy atom. The number of ether oxygens (including phenoxy) is 1. The van der Waals surface area contributed by atoms with Crippen LogP contribution in [0, 0.1) is 20.8 Å². The van der Waals surface area contributed by atoms with Gasteiger partial charge in [0.05, 0.1) is 17.1 Å². The van der Waals surface area contributed by atoms with Crippen molar-refractivity contribution in [3.05, 3.63) is 69.8 Å². The average molecular weight is 385 g/mol. The Hall–Kier alpha value is -2.86. The molecule has 0 aliphatic heterocycles. The van der Waals surface area contributed by atoms with Gasteiger partial charge < -0.3 is 4.74 Å². The summed E-state index contributed by atoms with van der Waals surface area (Å²) in [6, 6.07) is 9.78. The van der Waals surface area contributed by atoms with Crippen molar-refractivity contribution in [1.29, 1.82) is 0 Å². The van der Waals surface area contributed by atoms with Gasteiger partial charge in [0.25, 0.3) is 0 Å². The summed E-state index contributed by atoms with van der Waals surface area (Å²) in [4.78, 5) is 12.0. The van der Waals surface area contributed by atoms with E-state index in [1.165, 1.54) is 6.08 Å². The molecule has 0 fully saturated rings. The molecule has 3 aromatic rings. The van der Waals surface area contributed by atoms with E-state index in [-0.39, 0.29) is 6.61 Å². The molecule has 0 amide bonds. The molecule has 3 rings (SSSR count). The van der Waals surface area contributed by atoms with E-state index in [0.29, 0.717) is 10.7 Å². The van der Waals surface area contributed by atoms with Crippen LogP contribution in [0.3, 0.4) is 0 Å². The zero-order valence-corrected chi connectivity index (χ0v) is 16.5. The fraction of sp³-hybridized carbons (Fsp3) is 0.250. The van der Waals surface area contributed by atoms with Crippen LogP contribution in [0.2, 0.25) is 5.15 Å². The Kier molecular flexibility index (Phi) is 5.46. The van der Waals surface area contributed by atoms with Crippen molar-refractivity contribution in [2.45, 2.75) is 27.4 Å². The lowest BCUT2D eigenvalue weighted by molar-refractivity contribution is -0.138. The number of carbonyl (C=O) groups excluding carboxylic acids is 1. The van der Waals surface area contributed by atoms with E-state index >= 15 is 0 Å². The molecule has 2 aromatic heterocycles. The minimum atomic E-state index is -0.433. The fourth-order valence-electron chi connectivity index (χ4n) is 2.81. The highest BCUT2D eigenvalue weighted by atomic mass is 35.5. The van der Waals surface area contributed by atoms with Crippen molar-refractivity contribution < 1.29 is 9.53 Å². The summed E-state index contributed by atoms with van der Waals surface area (Å²) in [6.45, 7) is 6.00. The lowest BCUT2D eigenvalue weighted by atomic mass is 10.2. The number of hydrogen-bond acceptors (Lipinski definition) is 4. The Bertz CT molecular complexity index is 1000. The predicted octanol–water partition coefficient (Wildman–Crippen LogP) is 3.94. The Balaban J connectivity index is 1.60. The highest BCUT2D eigenvalue weighted by Crippen LogP contribution is 2.20. The monoisotopic (exact) mass is 384 g/mol. The van der Waals surface area contributed by atoms with Crippen LogP contribution in [0.15, 0.2) is 36.4 Å². The van der Waals surface area contributed by atoms with Crippen LogP contribution in [-0.2, 0) is 23.2 Å². The van der Waals surface area contributed by atoms with Gasteiger partial charge in [-0.25, -0.2) is 9.48 Å². The van der Waals surface area contributed by atoms with Gasteiger partial charge in [-0.3, -0.25) is 4.68 Å². The lowest BCUT2D eigenvalue weighted by Crippen LogP contribution is -2.02. The maximum Gasteiger partial charge on any atom is 0.331 e. The van der Waals surface area contributed by atoms with Crippen molar-refractivity contribution in [1.82, 2.24) is 19.6 Å². The average Bonchev–Trinajstić information content (AvgIpc) is 3.09. The van der Waals surface area contributed by atoms with Gasteiger partial charge in [0.15, 0.2) is 0 Å². The first-order valence-corrected chi connectivity index (χ1v) is 8.89. The minimum absolute atomic E-state index is 0.195. The van der Waals surface area contributed by atoms with Crippen LogP contribution in [0.4, 0.5) is 0 Å². The summed E-state index contributed by atoms with van der Waals surface area (Å²) < 4.78 is 8.74. The molecule has 7 heteroatoms. The quantitative estimate of drug-likeness (QED) is 0.493. The summed E-state index contributed by atoms with van der Waals surface area (Å²) >= 11 is 6.14. The van der Waals surface area contributed by atoms with E-state index < -0.39 is 5.97 Å². The second-order valence-electron chi connectivity index (χ2n) is 6.36. The Morgan fingerprint density at radius 1 is 1.19 bits per heavy atom. The number of halogens is 1. The summed E-state index contributed by atoms with van der Waals surface area (Å²) in [5.74, 6) is -0.433. The summed E-state index contributed by atoms with van der Waals surface area (Å²) in [5.41, 5.74) is 5.38. The molecule has 0 atom stereocenters. The topological polar surface area (TPSA) is 61.9 Å². The van der Waals surface area contributed by atoms with Gasteiger partial charge in [-0.1, -0.05) is 23.7 Å². The van der Waals surface area contributed by atoms with E-state index in [4.69, 9.17) is 16.3 Å². The Labute approximate surface area is 163 Å². The number of esters is 1. The van der Waals surface area contributed by atoms with E-state index in [0.717, 1.165) is 28.3 Å². The SMILES string of the molecule is Cc1cc(C)n(-c2ccc(COC(=O)/C=C/c3c(C)nn(C)c3Cl)cc2)n1. The van der Waals surface area contributed by atoms with Crippen LogP contribution in [0.25, 0.3) is 11.8 Å². The third kappa shape index (κ3) is 4.28. The molecular formula is C20H21ClN4O2. The van der Waals surface area contributed by atoms with Crippen molar-refractivity contribution in [2.24, 2.45) is 7.05 Å². The third-order valence-electron chi connectivity index (χ3n) is 4.15. The highest BCUT2D eigenvalue weighted by molar-refractivity contribution is 6.31. The van der Waals surface area contributed by atoms with Gasteiger partial charge in [0, 0.05) is 24.4 Å². The summed E-state index contributed by atoms with van der Waals surface area (Å²) in [6.07, 6.45) is 2.99. The van der Waals surface area contributed by atoms with E-state index in [1.54, 1.807) is 17.8 Å². The van der Waals surface area contributed by atoms with Gasteiger partial charge >= 0.3 is 5.97 Å². The smallest absolute Gasteiger partial charge is 0.331 e. The molecule has 2 heterocycles.